The van der Waals surface area contributed by atoms with Gasteiger partial charge in [0, 0.05) is 17.7 Å². The number of hydrogen-bond donors (Lipinski definition) is 1. The second-order valence-electron chi connectivity index (χ2n) is 7.08. The minimum absolute atomic E-state index is 0.109. The van der Waals surface area contributed by atoms with Gasteiger partial charge in [0.25, 0.3) is 5.91 Å². The van der Waals surface area contributed by atoms with Crippen molar-refractivity contribution in [3.8, 4) is 17.1 Å². The van der Waals surface area contributed by atoms with E-state index in [9.17, 15) is 4.79 Å². The third-order valence-electron chi connectivity index (χ3n) is 5.49. The van der Waals surface area contributed by atoms with Gasteiger partial charge in [-0.3, -0.25) is 4.79 Å². The summed E-state index contributed by atoms with van der Waals surface area (Å²) in [6.07, 6.45) is 7.97. The summed E-state index contributed by atoms with van der Waals surface area (Å²) in [5.74, 6) is 1.99. The molecule has 1 heterocycles. The van der Waals surface area contributed by atoms with Crippen molar-refractivity contribution in [3.05, 3.63) is 35.0 Å². The smallest absolute Gasteiger partial charge is 0.273 e. The number of amides is 1. The second-order valence-corrected chi connectivity index (χ2v) is 7.08. The Labute approximate surface area is 147 Å². The first kappa shape index (κ1) is 16.2. The van der Waals surface area contributed by atoms with Gasteiger partial charge in [0.1, 0.15) is 5.75 Å². The Hall–Kier alpha value is -2.30. The monoisotopic (exact) mass is 340 g/mol. The Kier molecular flexibility index (Phi) is 4.47. The lowest BCUT2D eigenvalue weighted by molar-refractivity contribution is 0.0933. The fourth-order valence-electron chi connectivity index (χ4n) is 4.01. The summed E-state index contributed by atoms with van der Waals surface area (Å²) in [6, 6.07) is 5.97. The first-order chi connectivity index (χ1) is 12.3. The SMILES string of the molecule is COc1ccc2c(c1)-c1onc(C(=O)NCC3CCCCC3)c1CC2. The summed E-state index contributed by atoms with van der Waals surface area (Å²) in [5, 5.41) is 7.15. The maximum absolute atomic E-state index is 12.6. The molecule has 25 heavy (non-hydrogen) atoms. The summed E-state index contributed by atoms with van der Waals surface area (Å²) in [7, 11) is 1.65. The van der Waals surface area contributed by atoms with Crippen molar-refractivity contribution in [1.82, 2.24) is 10.5 Å². The highest BCUT2D eigenvalue weighted by atomic mass is 16.5. The first-order valence-electron chi connectivity index (χ1n) is 9.20. The third kappa shape index (κ3) is 3.15. The molecule has 132 valence electrons. The number of aromatic nitrogens is 1. The van der Waals surface area contributed by atoms with Gasteiger partial charge in [-0.2, -0.15) is 0 Å². The van der Waals surface area contributed by atoms with E-state index in [4.69, 9.17) is 9.26 Å². The van der Waals surface area contributed by atoms with Crippen molar-refractivity contribution in [3.63, 3.8) is 0 Å². The molecule has 0 aliphatic heterocycles. The van der Waals surface area contributed by atoms with Crippen LogP contribution in [0, 0.1) is 5.92 Å². The standard InChI is InChI=1S/C20H24N2O3/c1-24-15-9-7-14-8-10-16-18(22-25-19(16)17(14)11-15)20(23)21-12-13-5-3-2-4-6-13/h7,9,11,13H,2-6,8,10,12H2,1H3,(H,21,23). The molecule has 1 N–H and O–H groups in total. The number of rotatable bonds is 4. The van der Waals surface area contributed by atoms with Crippen LogP contribution in [0.15, 0.2) is 22.7 Å². The van der Waals surface area contributed by atoms with E-state index in [1.54, 1.807) is 7.11 Å². The maximum atomic E-state index is 12.6. The molecule has 2 aliphatic rings. The number of nitrogens with zero attached hydrogens (tertiary/aromatic N) is 1. The van der Waals surface area contributed by atoms with E-state index >= 15 is 0 Å². The van der Waals surface area contributed by atoms with Crippen LogP contribution in [-0.2, 0) is 12.8 Å². The minimum atomic E-state index is -0.109. The van der Waals surface area contributed by atoms with Crippen LogP contribution in [0.4, 0.5) is 0 Å². The number of ether oxygens (including phenoxy) is 1. The van der Waals surface area contributed by atoms with Crippen LogP contribution in [0.3, 0.4) is 0 Å². The van der Waals surface area contributed by atoms with Crippen molar-refractivity contribution in [2.75, 3.05) is 13.7 Å². The number of benzene rings is 1. The largest absolute Gasteiger partial charge is 0.497 e. The van der Waals surface area contributed by atoms with E-state index in [2.05, 4.69) is 16.5 Å². The van der Waals surface area contributed by atoms with E-state index in [0.717, 1.165) is 36.3 Å². The molecule has 5 heteroatoms. The third-order valence-corrected chi connectivity index (χ3v) is 5.49. The van der Waals surface area contributed by atoms with Gasteiger partial charge in [-0.05, 0) is 49.3 Å². The number of fused-ring (bicyclic) bond motifs is 3. The van der Waals surface area contributed by atoms with Crippen LogP contribution < -0.4 is 10.1 Å². The van der Waals surface area contributed by atoms with Gasteiger partial charge in [-0.25, -0.2) is 0 Å². The highest BCUT2D eigenvalue weighted by molar-refractivity contribution is 5.95. The Morgan fingerprint density at radius 1 is 1.28 bits per heavy atom. The van der Waals surface area contributed by atoms with Crippen LogP contribution in [0.5, 0.6) is 5.75 Å². The second kappa shape index (κ2) is 6.90. The van der Waals surface area contributed by atoms with E-state index < -0.39 is 0 Å². The van der Waals surface area contributed by atoms with Gasteiger partial charge in [-0.1, -0.05) is 30.5 Å². The molecule has 0 atom stereocenters. The molecule has 0 radical (unpaired) electrons. The lowest BCUT2D eigenvalue weighted by atomic mass is 9.88. The van der Waals surface area contributed by atoms with Gasteiger partial charge in [-0.15, -0.1) is 0 Å². The minimum Gasteiger partial charge on any atom is -0.497 e. The van der Waals surface area contributed by atoms with E-state index in [1.165, 1.54) is 37.7 Å². The van der Waals surface area contributed by atoms with Crippen LogP contribution >= 0.6 is 0 Å². The Bertz CT molecular complexity index is 775. The van der Waals surface area contributed by atoms with E-state index in [0.29, 0.717) is 17.4 Å². The Balaban J connectivity index is 1.53. The van der Waals surface area contributed by atoms with Crippen molar-refractivity contribution >= 4 is 5.91 Å². The number of hydrogen-bond acceptors (Lipinski definition) is 4. The Morgan fingerprint density at radius 2 is 2.12 bits per heavy atom. The molecule has 0 unspecified atom stereocenters. The predicted molar refractivity (Wildman–Crippen MR) is 94.8 cm³/mol. The molecule has 1 amide bonds. The lowest BCUT2D eigenvalue weighted by Crippen LogP contribution is -2.31. The summed E-state index contributed by atoms with van der Waals surface area (Å²) in [4.78, 5) is 12.6. The topological polar surface area (TPSA) is 64.4 Å². The highest BCUT2D eigenvalue weighted by Gasteiger charge is 2.28. The number of methoxy groups -OCH3 is 1. The number of carbonyl (C=O) groups excluding carboxylic acids is 1. The van der Waals surface area contributed by atoms with E-state index in [1.807, 2.05) is 12.1 Å². The zero-order chi connectivity index (χ0) is 17.2. The molecule has 0 bridgehead atoms. The fourth-order valence-corrected chi connectivity index (χ4v) is 4.01. The molecule has 2 aliphatic carbocycles. The Morgan fingerprint density at radius 3 is 2.92 bits per heavy atom. The molecule has 2 aromatic rings. The lowest BCUT2D eigenvalue weighted by Gasteiger charge is -2.21. The first-order valence-corrected chi connectivity index (χ1v) is 9.20. The quantitative estimate of drug-likeness (QED) is 0.920. The molecular formula is C20H24N2O3. The average molecular weight is 340 g/mol. The molecule has 1 fully saturated rings. The summed E-state index contributed by atoms with van der Waals surface area (Å²) < 4.78 is 10.9. The number of carbonyl (C=O) groups is 1. The van der Waals surface area contributed by atoms with Crippen molar-refractivity contribution in [2.24, 2.45) is 5.92 Å². The molecule has 0 saturated heterocycles. The van der Waals surface area contributed by atoms with Crippen LogP contribution in [-0.4, -0.2) is 24.7 Å². The molecule has 1 aromatic carbocycles. The van der Waals surface area contributed by atoms with Crippen LogP contribution in [0.2, 0.25) is 0 Å². The van der Waals surface area contributed by atoms with Crippen LogP contribution in [0.1, 0.15) is 53.7 Å². The van der Waals surface area contributed by atoms with Crippen LogP contribution in [0.25, 0.3) is 11.3 Å². The van der Waals surface area contributed by atoms with Gasteiger partial charge in [0.2, 0.25) is 0 Å². The number of nitrogens with one attached hydrogen (secondary N) is 1. The molecular weight excluding hydrogens is 316 g/mol. The summed E-state index contributed by atoms with van der Waals surface area (Å²) in [6.45, 7) is 0.741. The molecule has 1 aromatic heterocycles. The van der Waals surface area contributed by atoms with Crippen molar-refractivity contribution in [2.45, 2.75) is 44.9 Å². The van der Waals surface area contributed by atoms with Gasteiger partial charge >= 0.3 is 0 Å². The van der Waals surface area contributed by atoms with E-state index in [-0.39, 0.29) is 5.91 Å². The number of aryl methyl sites for hydroxylation is 1. The summed E-state index contributed by atoms with van der Waals surface area (Å²) in [5.41, 5.74) is 3.55. The zero-order valence-corrected chi connectivity index (χ0v) is 14.6. The normalized spacial score (nSPS) is 16.8. The van der Waals surface area contributed by atoms with Gasteiger partial charge in [0.15, 0.2) is 11.5 Å². The van der Waals surface area contributed by atoms with Crippen molar-refractivity contribution in [1.29, 1.82) is 0 Å². The molecule has 0 spiro atoms. The molecule has 1 saturated carbocycles. The zero-order valence-electron chi connectivity index (χ0n) is 14.6. The molecule has 5 nitrogen and oxygen atoms in total. The van der Waals surface area contributed by atoms with Gasteiger partial charge < -0.3 is 14.6 Å². The summed E-state index contributed by atoms with van der Waals surface area (Å²) >= 11 is 0. The van der Waals surface area contributed by atoms with Crippen molar-refractivity contribution < 1.29 is 14.1 Å². The predicted octanol–water partition coefficient (Wildman–Crippen LogP) is 3.76. The van der Waals surface area contributed by atoms with Gasteiger partial charge in [0.05, 0.1) is 7.11 Å². The maximum Gasteiger partial charge on any atom is 0.273 e. The molecule has 4 rings (SSSR count). The average Bonchev–Trinajstić information content (AvgIpc) is 3.11. The highest BCUT2D eigenvalue weighted by Crippen LogP contribution is 2.37. The fraction of sp³-hybridized carbons (Fsp3) is 0.500.